The summed E-state index contributed by atoms with van der Waals surface area (Å²) in [5.74, 6) is -1.83. The van der Waals surface area contributed by atoms with E-state index >= 15 is 0 Å². The summed E-state index contributed by atoms with van der Waals surface area (Å²) in [6.45, 7) is 0. The van der Waals surface area contributed by atoms with Gasteiger partial charge in [0.05, 0.1) is 0 Å². The summed E-state index contributed by atoms with van der Waals surface area (Å²) in [5, 5.41) is 9.35. The van der Waals surface area contributed by atoms with Gasteiger partial charge in [-0.1, -0.05) is 12.2 Å². The Labute approximate surface area is 99.5 Å². The van der Waals surface area contributed by atoms with Gasteiger partial charge in [-0.05, 0) is 31.1 Å². The number of allylic oxidation sites excluding steroid dienone is 2. The van der Waals surface area contributed by atoms with Gasteiger partial charge in [0.15, 0.2) is 0 Å². The van der Waals surface area contributed by atoms with Crippen LogP contribution in [0.4, 0.5) is 26.3 Å². The van der Waals surface area contributed by atoms with E-state index < -0.39 is 29.3 Å². The molecule has 18 heavy (non-hydrogen) atoms. The van der Waals surface area contributed by atoms with Crippen molar-refractivity contribution in [2.45, 2.75) is 43.6 Å². The van der Waals surface area contributed by atoms with Gasteiger partial charge in [-0.15, -0.1) is 0 Å². The molecule has 0 heterocycles. The highest BCUT2D eigenvalue weighted by Crippen LogP contribution is 2.64. The van der Waals surface area contributed by atoms with Gasteiger partial charge < -0.3 is 5.11 Å². The highest BCUT2D eigenvalue weighted by Gasteiger charge is 2.78. The van der Waals surface area contributed by atoms with Crippen LogP contribution < -0.4 is 0 Å². The quantitative estimate of drug-likeness (QED) is 0.572. The fourth-order valence-corrected chi connectivity index (χ4v) is 3.09. The Morgan fingerprint density at radius 2 is 1.56 bits per heavy atom. The lowest BCUT2D eigenvalue weighted by Gasteiger charge is -2.54. The standard InChI is InChI=1S/C11H12F6O/c12-10(13,14)9(18,11(15,16)17)7-3-6-8(7)4-1-2-5-8/h1,4,7,18H,2-3,5-6H2. The lowest BCUT2D eigenvalue weighted by molar-refractivity contribution is -0.401. The van der Waals surface area contributed by atoms with Crippen LogP contribution in [0.2, 0.25) is 0 Å². The molecule has 0 radical (unpaired) electrons. The molecule has 2 aliphatic carbocycles. The smallest absolute Gasteiger partial charge is 0.373 e. The molecule has 1 saturated carbocycles. The van der Waals surface area contributed by atoms with E-state index in [1.165, 1.54) is 6.08 Å². The van der Waals surface area contributed by atoms with E-state index in [9.17, 15) is 31.4 Å². The van der Waals surface area contributed by atoms with Crippen LogP contribution in [0.3, 0.4) is 0 Å². The number of hydrogen-bond donors (Lipinski definition) is 1. The van der Waals surface area contributed by atoms with Gasteiger partial charge in [0.2, 0.25) is 0 Å². The molecular weight excluding hydrogens is 262 g/mol. The number of alkyl halides is 6. The minimum absolute atomic E-state index is 0.242. The SMILES string of the molecule is OC(C1CCC12C=CCC2)(C(F)(F)F)C(F)(F)F. The molecule has 1 fully saturated rings. The highest BCUT2D eigenvalue weighted by molar-refractivity contribution is 5.21. The second-order valence-electron chi connectivity index (χ2n) is 5.03. The van der Waals surface area contributed by atoms with Crippen LogP contribution in [-0.4, -0.2) is 23.1 Å². The van der Waals surface area contributed by atoms with Gasteiger partial charge >= 0.3 is 12.4 Å². The third kappa shape index (κ3) is 1.59. The third-order valence-corrected chi connectivity index (χ3v) is 4.19. The summed E-state index contributed by atoms with van der Waals surface area (Å²) in [7, 11) is 0. The molecule has 2 unspecified atom stereocenters. The molecule has 1 spiro atoms. The molecule has 0 aliphatic heterocycles. The maximum Gasteiger partial charge on any atom is 0.426 e. The zero-order valence-electron chi connectivity index (χ0n) is 9.28. The summed E-state index contributed by atoms with van der Waals surface area (Å²) >= 11 is 0. The summed E-state index contributed by atoms with van der Waals surface area (Å²) in [6, 6.07) is 0. The molecular formula is C11H12F6O. The Kier molecular flexibility index (Phi) is 2.78. The van der Waals surface area contributed by atoms with E-state index in [1.807, 2.05) is 0 Å². The van der Waals surface area contributed by atoms with Crippen molar-refractivity contribution < 1.29 is 31.4 Å². The van der Waals surface area contributed by atoms with Gasteiger partial charge in [-0.2, -0.15) is 26.3 Å². The van der Waals surface area contributed by atoms with E-state index in [2.05, 4.69) is 0 Å². The number of aliphatic hydroxyl groups is 1. The third-order valence-electron chi connectivity index (χ3n) is 4.19. The topological polar surface area (TPSA) is 20.2 Å². The van der Waals surface area contributed by atoms with Crippen molar-refractivity contribution in [2.75, 3.05) is 0 Å². The molecule has 1 N–H and O–H groups in total. The fraction of sp³-hybridized carbons (Fsp3) is 0.818. The average Bonchev–Trinajstić information content (AvgIpc) is 2.62. The molecule has 0 saturated heterocycles. The van der Waals surface area contributed by atoms with Gasteiger partial charge in [0, 0.05) is 5.92 Å². The normalized spacial score (nSPS) is 32.9. The maximum atomic E-state index is 12.7. The molecule has 0 bridgehead atoms. The molecule has 104 valence electrons. The molecule has 0 amide bonds. The van der Waals surface area contributed by atoms with E-state index in [4.69, 9.17) is 0 Å². The van der Waals surface area contributed by atoms with Crippen LogP contribution in [0.25, 0.3) is 0 Å². The van der Waals surface area contributed by atoms with Crippen molar-refractivity contribution >= 4 is 0 Å². The second kappa shape index (κ2) is 3.65. The summed E-state index contributed by atoms with van der Waals surface area (Å²) < 4.78 is 76.3. The van der Waals surface area contributed by atoms with Crippen molar-refractivity contribution in [3.05, 3.63) is 12.2 Å². The molecule has 2 aliphatic rings. The Hall–Kier alpha value is -0.720. The second-order valence-corrected chi connectivity index (χ2v) is 5.03. The monoisotopic (exact) mass is 274 g/mol. The first-order valence-corrected chi connectivity index (χ1v) is 5.58. The number of rotatable bonds is 1. The van der Waals surface area contributed by atoms with Crippen molar-refractivity contribution in [1.29, 1.82) is 0 Å². The van der Waals surface area contributed by atoms with Gasteiger partial charge in [-0.25, -0.2) is 0 Å². The average molecular weight is 274 g/mol. The van der Waals surface area contributed by atoms with Crippen molar-refractivity contribution in [3.63, 3.8) is 0 Å². The Bertz CT molecular complexity index is 355. The number of halogens is 6. The first kappa shape index (κ1) is 13.7. The van der Waals surface area contributed by atoms with E-state index in [1.54, 1.807) is 6.08 Å². The minimum atomic E-state index is -5.71. The molecule has 2 rings (SSSR count). The highest BCUT2D eigenvalue weighted by atomic mass is 19.4. The van der Waals surface area contributed by atoms with Gasteiger partial charge in [0.25, 0.3) is 5.60 Å². The predicted molar refractivity (Wildman–Crippen MR) is 50.6 cm³/mol. The lowest BCUT2D eigenvalue weighted by Crippen LogP contribution is -2.67. The van der Waals surface area contributed by atoms with Gasteiger partial charge in [0.1, 0.15) is 0 Å². The largest absolute Gasteiger partial charge is 0.426 e. The molecule has 0 aromatic rings. The van der Waals surface area contributed by atoms with Gasteiger partial charge in [-0.3, -0.25) is 0 Å². The van der Waals surface area contributed by atoms with Crippen LogP contribution in [-0.2, 0) is 0 Å². The van der Waals surface area contributed by atoms with E-state index in [-0.39, 0.29) is 19.3 Å². The molecule has 0 aromatic carbocycles. The van der Waals surface area contributed by atoms with E-state index in [0.29, 0.717) is 6.42 Å². The van der Waals surface area contributed by atoms with Crippen LogP contribution >= 0.6 is 0 Å². The lowest BCUT2D eigenvalue weighted by atomic mass is 9.53. The zero-order valence-corrected chi connectivity index (χ0v) is 9.28. The fourth-order valence-electron chi connectivity index (χ4n) is 3.09. The molecule has 0 aromatic heterocycles. The first-order chi connectivity index (χ1) is 8.05. The van der Waals surface area contributed by atoms with Crippen LogP contribution in [0.5, 0.6) is 0 Å². The minimum Gasteiger partial charge on any atom is -0.373 e. The summed E-state index contributed by atoms with van der Waals surface area (Å²) in [5.41, 5.74) is -5.74. The summed E-state index contributed by atoms with van der Waals surface area (Å²) in [6.07, 6.45) is -7.72. The van der Waals surface area contributed by atoms with Crippen LogP contribution in [0.15, 0.2) is 12.2 Å². The Morgan fingerprint density at radius 1 is 1.00 bits per heavy atom. The maximum absolute atomic E-state index is 12.7. The van der Waals surface area contributed by atoms with Crippen LogP contribution in [0, 0.1) is 11.3 Å². The Morgan fingerprint density at radius 3 is 1.83 bits per heavy atom. The zero-order chi connectivity index (χ0) is 13.8. The molecule has 1 nitrogen and oxygen atoms in total. The molecule has 7 heteroatoms. The van der Waals surface area contributed by atoms with Crippen molar-refractivity contribution in [1.82, 2.24) is 0 Å². The Balaban J connectivity index is 2.41. The summed E-state index contributed by atoms with van der Waals surface area (Å²) in [4.78, 5) is 0. The first-order valence-electron chi connectivity index (χ1n) is 5.58. The number of hydrogen-bond acceptors (Lipinski definition) is 1. The predicted octanol–water partition coefficient (Wildman–Crippen LogP) is 3.59. The van der Waals surface area contributed by atoms with Crippen LogP contribution in [0.1, 0.15) is 25.7 Å². The van der Waals surface area contributed by atoms with Crippen molar-refractivity contribution in [2.24, 2.45) is 11.3 Å². The van der Waals surface area contributed by atoms with Crippen molar-refractivity contribution in [3.8, 4) is 0 Å². The molecule has 2 atom stereocenters. The van der Waals surface area contributed by atoms with E-state index in [0.717, 1.165) is 0 Å².